The number of carbonyl (C=O) groups excluding carboxylic acids is 4. The fraction of sp³-hybridized carbons (Fsp3) is 0.789. The molecule has 2 saturated heterocycles. The van der Waals surface area contributed by atoms with Crippen molar-refractivity contribution in [2.24, 2.45) is 11.8 Å². The maximum atomic E-state index is 11.9. The topological polar surface area (TPSA) is 86.7 Å². The maximum Gasteiger partial charge on any atom is 0.305 e. The summed E-state index contributed by atoms with van der Waals surface area (Å²) in [6.07, 6.45) is 6.55. The second kappa shape index (κ2) is 10.3. The Bertz CT molecular complexity index is 434. The molecule has 0 aromatic carbocycles. The monoisotopic (exact) mass is 352 g/mol. The van der Waals surface area contributed by atoms with E-state index in [0.717, 1.165) is 25.7 Å². The van der Waals surface area contributed by atoms with Crippen LogP contribution in [0.4, 0.5) is 0 Å². The van der Waals surface area contributed by atoms with Crippen molar-refractivity contribution in [2.45, 2.75) is 70.6 Å². The quantitative estimate of drug-likeness (QED) is 0.562. The summed E-state index contributed by atoms with van der Waals surface area (Å²) < 4.78 is 9.99. The van der Waals surface area contributed by atoms with Gasteiger partial charge in [-0.2, -0.15) is 0 Å². The minimum atomic E-state index is -0.146. The smallest absolute Gasteiger partial charge is 0.305 e. The highest BCUT2D eigenvalue weighted by Gasteiger charge is 2.21. The summed E-state index contributed by atoms with van der Waals surface area (Å²) in [6.45, 7) is 0.863. The van der Waals surface area contributed by atoms with Crippen molar-refractivity contribution in [3.05, 3.63) is 0 Å². The van der Waals surface area contributed by atoms with E-state index in [1.165, 1.54) is 0 Å². The van der Waals surface area contributed by atoms with Crippen molar-refractivity contribution in [1.82, 2.24) is 0 Å². The molecule has 0 radical (unpaired) electrons. The third kappa shape index (κ3) is 7.80. The number of esters is 2. The third-order valence-electron chi connectivity index (χ3n) is 5.05. The Morgan fingerprint density at radius 1 is 0.760 bits per heavy atom. The van der Waals surface area contributed by atoms with Crippen molar-refractivity contribution in [2.75, 3.05) is 13.2 Å². The zero-order valence-corrected chi connectivity index (χ0v) is 14.8. The SMILES string of the molecule is O=C(CCCC(=O)CCC1CCC(=O)OC1)CCC1CCC(=O)OC1. The first kappa shape index (κ1) is 19.6. The molecule has 2 atom stereocenters. The van der Waals surface area contributed by atoms with E-state index in [1.807, 2.05) is 0 Å². The van der Waals surface area contributed by atoms with Gasteiger partial charge in [0.1, 0.15) is 11.6 Å². The van der Waals surface area contributed by atoms with E-state index < -0.39 is 0 Å². The molecule has 2 rings (SSSR count). The molecule has 2 heterocycles. The number of carbonyl (C=O) groups is 4. The lowest BCUT2D eigenvalue weighted by atomic mass is 9.93. The van der Waals surface area contributed by atoms with Gasteiger partial charge in [0, 0.05) is 38.5 Å². The van der Waals surface area contributed by atoms with Crippen LogP contribution >= 0.6 is 0 Å². The van der Waals surface area contributed by atoms with Gasteiger partial charge in [0.15, 0.2) is 0 Å². The number of hydrogen-bond acceptors (Lipinski definition) is 6. The fourth-order valence-electron chi connectivity index (χ4n) is 3.29. The molecule has 0 spiro atoms. The lowest BCUT2D eigenvalue weighted by Crippen LogP contribution is -2.22. The summed E-state index contributed by atoms with van der Waals surface area (Å²) in [5.41, 5.74) is 0. The third-order valence-corrected chi connectivity index (χ3v) is 5.05. The first-order chi connectivity index (χ1) is 12.0. The van der Waals surface area contributed by atoms with E-state index in [0.29, 0.717) is 70.0 Å². The van der Waals surface area contributed by atoms with Crippen molar-refractivity contribution < 1.29 is 28.7 Å². The van der Waals surface area contributed by atoms with E-state index in [-0.39, 0.29) is 23.5 Å². The van der Waals surface area contributed by atoms with Gasteiger partial charge in [0.2, 0.25) is 0 Å². The van der Waals surface area contributed by atoms with Crippen molar-refractivity contribution in [3.8, 4) is 0 Å². The second-order valence-corrected chi connectivity index (χ2v) is 7.18. The maximum absolute atomic E-state index is 11.9. The molecule has 6 heteroatoms. The van der Waals surface area contributed by atoms with Crippen LogP contribution in [0.2, 0.25) is 0 Å². The highest BCUT2D eigenvalue weighted by molar-refractivity contribution is 5.81. The first-order valence-corrected chi connectivity index (χ1v) is 9.37. The van der Waals surface area contributed by atoms with Crippen LogP contribution in [0, 0.1) is 11.8 Å². The number of cyclic esters (lactones) is 2. The molecule has 25 heavy (non-hydrogen) atoms. The average Bonchev–Trinajstić information content (AvgIpc) is 2.61. The van der Waals surface area contributed by atoms with Crippen molar-refractivity contribution in [3.63, 3.8) is 0 Å². The van der Waals surface area contributed by atoms with Gasteiger partial charge < -0.3 is 9.47 Å². The summed E-state index contributed by atoms with van der Waals surface area (Å²) >= 11 is 0. The van der Waals surface area contributed by atoms with Crippen LogP contribution in [-0.2, 0) is 28.7 Å². The molecule has 0 amide bonds. The Labute approximate surface area is 148 Å². The molecule has 6 nitrogen and oxygen atoms in total. The van der Waals surface area contributed by atoms with Gasteiger partial charge in [-0.1, -0.05) is 0 Å². The van der Waals surface area contributed by atoms with Crippen LogP contribution in [0.1, 0.15) is 70.6 Å². The lowest BCUT2D eigenvalue weighted by molar-refractivity contribution is -0.150. The van der Waals surface area contributed by atoms with Gasteiger partial charge >= 0.3 is 11.9 Å². The molecule has 0 aromatic heterocycles. The molecule has 2 unspecified atom stereocenters. The van der Waals surface area contributed by atoms with Gasteiger partial charge in [0.05, 0.1) is 13.2 Å². The Morgan fingerprint density at radius 3 is 1.56 bits per heavy atom. The summed E-state index contributed by atoms with van der Waals surface area (Å²) in [7, 11) is 0. The standard InChI is InChI=1S/C19H28O6/c20-16(8-4-14-6-10-18(22)24-12-14)2-1-3-17(21)9-5-15-7-11-19(23)25-13-15/h14-15H,1-13H2. The molecule has 2 aliphatic rings. The van der Waals surface area contributed by atoms with E-state index in [4.69, 9.17) is 9.47 Å². The summed E-state index contributed by atoms with van der Waals surface area (Å²) in [4.78, 5) is 45.8. The van der Waals surface area contributed by atoms with Gasteiger partial charge in [-0.25, -0.2) is 0 Å². The number of ether oxygens (including phenoxy) is 2. The van der Waals surface area contributed by atoms with Gasteiger partial charge in [-0.3, -0.25) is 19.2 Å². The van der Waals surface area contributed by atoms with Crippen LogP contribution < -0.4 is 0 Å². The van der Waals surface area contributed by atoms with Crippen LogP contribution in [0.15, 0.2) is 0 Å². The van der Waals surface area contributed by atoms with E-state index in [2.05, 4.69) is 0 Å². The van der Waals surface area contributed by atoms with Gasteiger partial charge in [-0.15, -0.1) is 0 Å². The van der Waals surface area contributed by atoms with Gasteiger partial charge in [-0.05, 0) is 43.9 Å². The fourth-order valence-corrected chi connectivity index (χ4v) is 3.29. The molecular weight excluding hydrogens is 324 g/mol. The first-order valence-electron chi connectivity index (χ1n) is 9.37. The Kier molecular flexibility index (Phi) is 8.09. The summed E-state index contributed by atoms with van der Waals surface area (Å²) in [5, 5.41) is 0. The second-order valence-electron chi connectivity index (χ2n) is 7.18. The number of hydrogen-bond donors (Lipinski definition) is 0. The Morgan fingerprint density at radius 2 is 1.20 bits per heavy atom. The zero-order chi connectivity index (χ0) is 18.1. The minimum Gasteiger partial charge on any atom is -0.465 e. The molecule has 140 valence electrons. The average molecular weight is 352 g/mol. The lowest BCUT2D eigenvalue weighted by Gasteiger charge is -2.21. The van der Waals surface area contributed by atoms with Crippen LogP contribution in [0.3, 0.4) is 0 Å². The molecular formula is C19H28O6. The van der Waals surface area contributed by atoms with Gasteiger partial charge in [0.25, 0.3) is 0 Å². The van der Waals surface area contributed by atoms with Crippen LogP contribution in [0.5, 0.6) is 0 Å². The predicted octanol–water partition coefficient (Wildman–Crippen LogP) is 2.76. The van der Waals surface area contributed by atoms with E-state index >= 15 is 0 Å². The summed E-state index contributed by atoms with van der Waals surface area (Å²) in [6, 6.07) is 0. The largest absolute Gasteiger partial charge is 0.465 e. The Balaban J connectivity index is 1.48. The predicted molar refractivity (Wildman–Crippen MR) is 89.7 cm³/mol. The summed E-state index contributed by atoms with van der Waals surface area (Å²) in [5.74, 6) is 0.675. The number of ketones is 2. The molecule has 0 saturated carbocycles. The number of rotatable bonds is 10. The molecule has 2 fully saturated rings. The highest BCUT2D eigenvalue weighted by Crippen LogP contribution is 2.21. The van der Waals surface area contributed by atoms with Crippen molar-refractivity contribution in [1.29, 1.82) is 0 Å². The van der Waals surface area contributed by atoms with E-state index in [1.54, 1.807) is 0 Å². The molecule has 0 aliphatic carbocycles. The molecule has 0 N–H and O–H groups in total. The minimum absolute atomic E-state index is 0.146. The number of Topliss-reactive ketones (excluding diaryl/α,β-unsaturated/α-hetero) is 2. The molecule has 2 aliphatic heterocycles. The Hall–Kier alpha value is -1.72. The highest BCUT2D eigenvalue weighted by atomic mass is 16.5. The van der Waals surface area contributed by atoms with Crippen LogP contribution in [0.25, 0.3) is 0 Å². The zero-order valence-electron chi connectivity index (χ0n) is 14.8. The van der Waals surface area contributed by atoms with Crippen LogP contribution in [-0.4, -0.2) is 36.7 Å². The normalized spacial score (nSPS) is 23.7. The van der Waals surface area contributed by atoms with E-state index in [9.17, 15) is 19.2 Å². The molecule has 0 aromatic rings. The van der Waals surface area contributed by atoms with Crippen molar-refractivity contribution >= 4 is 23.5 Å². The molecule has 0 bridgehead atoms.